The summed E-state index contributed by atoms with van der Waals surface area (Å²) >= 11 is 0. The quantitative estimate of drug-likeness (QED) is 0.858. The number of likely N-dealkylation sites (tertiary alicyclic amines) is 1. The van der Waals surface area contributed by atoms with Gasteiger partial charge in [0.1, 0.15) is 0 Å². The highest BCUT2D eigenvalue weighted by molar-refractivity contribution is 5.14. The fraction of sp³-hybridized carbons (Fsp3) is 0.600. The van der Waals surface area contributed by atoms with E-state index in [1.54, 1.807) is 0 Å². The monoisotopic (exact) mass is 232 g/mol. The summed E-state index contributed by atoms with van der Waals surface area (Å²) in [5.41, 5.74) is 1.43. The first-order chi connectivity index (χ1) is 8.28. The first kappa shape index (κ1) is 12.6. The van der Waals surface area contributed by atoms with Gasteiger partial charge in [-0.25, -0.2) is 0 Å². The van der Waals surface area contributed by atoms with Gasteiger partial charge in [0.2, 0.25) is 0 Å². The fourth-order valence-corrected chi connectivity index (χ4v) is 2.87. The Kier molecular flexibility index (Phi) is 4.57. The van der Waals surface area contributed by atoms with Crippen LogP contribution < -0.4 is 5.32 Å². The van der Waals surface area contributed by atoms with E-state index < -0.39 is 0 Å². The molecule has 0 aliphatic carbocycles. The number of likely N-dealkylation sites (N-methyl/N-ethyl adjacent to an activating group) is 1. The first-order valence-electron chi connectivity index (χ1n) is 6.77. The van der Waals surface area contributed by atoms with E-state index >= 15 is 0 Å². The molecule has 2 nitrogen and oxygen atoms in total. The predicted octanol–water partition coefficient (Wildman–Crippen LogP) is 2.51. The smallest absolute Gasteiger partial charge is 0.0234 e. The van der Waals surface area contributed by atoms with Crippen LogP contribution in [0.15, 0.2) is 30.3 Å². The highest BCUT2D eigenvalue weighted by atomic mass is 15.2. The molecular weight excluding hydrogens is 208 g/mol. The van der Waals surface area contributed by atoms with Gasteiger partial charge >= 0.3 is 0 Å². The Morgan fingerprint density at radius 2 is 2.00 bits per heavy atom. The van der Waals surface area contributed by atoms with Crippen LogP contribution in [0.25, 0.3) is 0 Å². The molecular formula is C15H24N2. The van der Waals surface area contributed by atoms with Gasteiger partial charge in [-0.1, -0.05) is 44.2 Å². The minimum absolute atomic E-state index is 0.674. The number of rotatable bonds is 4. The van der Waals surface area contributed by atoms with Crippen LogP contribution in [-0.4, -0.2) is 30.6 Å². The van der Waals surface area contributed by atoms with E-state index in [4.69, 9.17) is 0 Å². The highest BCUT2D eigenvalue weighted by Gasteiger charge is 2.23. The van der Waals surface area contributed by atoms with E-state index in [-0.39, 0.29) is 0 Å². The summed E-state index contributed by atoms with van der Waals surface area (Å²) in [6.45, 7) is 9.15. The Labute approximate surface area is 105 Å². The Bertz CT molecular complexity index is 323. The Morgan fingerprint density at radius 3 is 2.71 bits per heavy atom. The molecule has 0 bridgehead atoms. The van der Waals surface area contributed by atoms with Crippen LogP contribution in [0, 0.1) is 5.92 Å². The number of hydrogen-bond donors (Lipinski definition) is 1. The zero-order chi connectivity index (χ0) is 12.1. The van der Waals surface area contributed by atoms with Gasteiger partial charge in [0, 0.05) is 25.7 Å². The summed E-state index contributed by atoms with van der Waals surface area (Å²) < 4.78 is 0. The molecule has 0 saturated carbocycles. The molecule has 1 aromatic carbocycles. The number of nitrogens with zero attached hydrogens (tertiary/aromatic N) is 1. The normalized spacial score (nSPS) is 26.0. The SMILES string of the molecule is CCNC1CC(C)CN(Cc2ccccc2)C1. The number of piperidine rings is 1. The first-order valence-corrected chi connectivity index (χ1v) is 6.77. The molecule has 2 unspecified atom stereocenters. The Hall–Kier alpha value is -0.860. The minimum Gasteiger partial charge on any atom is -0.313 e. The summed E-state index contributed by atoms with van der Waals surface area (Å²) in [6.07, 6.45) is 1.32. The molecule has 1 fully saturated rings. The molecule has 0 aromatic heterocycles. The lowest BCUT2D eigenvalue weighted by molar-refractivity contribution is 0.143. The molecule has 1 aromatic rings. The van der Waals surface area contributed by atoms with Crippen molar-refractivity contribution in [2.45, 2.75) is 32.9 Å². The van der Waals surface area contributed by atoms with Gasteiger partial charge in [-0.15, -0.1) is 0 Å². The highest BCUT2D eigenvalue weighted by Crippen LogP contribution is 2.18. The summed E-state index contributed by atoms with van der Waals surface area (Å²) in [6, 6.07) is 11.5. The molecule has 2 heteroatoms. The van der Waals surface area contributed by atoms with Crippen LogP contribution in [0.5, 0.6) is 0 Å². The molecule has 1 saturated heterocycles. The van der Waals surface area contributed by atoms with Crippen molar-refractivity contribution in [3.05, 3.63) is 35.9 Å². The molecule has 17 heavy (non-hydrogen) atoms. The molecule has 2 atom stereocenters. The van der Waals surface area contributed by atoms with Gasteiger partial charge in [0.05, 0.1) is 0 Å². The summed E-state index contributed by atoms with van der Waals surface area (Å²) in [4.78, 5) is 2.58. The van der Waals surface area contributed by atoms with Crippen LogP contribution in [0.2, 0.25) is 0 Å². The summed E-state index contributed by atoms with van der Waals surface area (Å²) in [5.74, 6) is 0.802. The molecule has 0 spiro atoms. The van der Waals surface area contributed by atoms with E-state index in [2.05, 4.69) is 54.4 Å². The predicted molar refractivity (Wildman–Crippen MR) is 73.0 cm³/mol. The third kappa shape index (κ3) is 3.83. The lowest BCUT2D eigenvalue weighted by atomic mass is 9.95. The van der Waals surface area contributed by atoms with Crippen LogP contribution >= 0.6 is 0 Å². The average Bonchev–Trinajstić information content (AvgIpc) is 2.30. The molecule has 94 valence electrons. The maximum Gasteiger partial charge on any atom is 0.0234 e. The van der Waals surface area contributed by atoms with E-state index in [0.717, 1.165) is 19.0 Å². The molecule has 1 heterocycles. The second-order valence-electron chi connectivity index (χ2n) is 5.28. The van der Waals surface area contributed by atoms with Gasteiger partial charge < -0.3 is 5.32 Å². The third-order valence-electron chi connectivity index (χ3n) is 3.48. The number of benzene rings is 1. The van der Waals surface area contributed by atoms with Crippen molar-refractivity contribution < 1.29 is 0 Å². The van der Waals surface area contributed by atoms with E-state index in [9.17, 15) is 0 Å². The van der Waals surface area contributed by atoms with Crippen molar-refractivity contribution in [1.82, 2.24) is 10.2 Å². The maximum absolute atomic E-state index is 3.59. The van der Waals surface area contributed by atoms with Crippen LogP contribution in [-0.2, 0) is 6.54 Å². The zero-order valence-corrected chi connectivity index (χ0v) is 11.0. The van der Waals surface area contributed by atoms with Crippen molar-refractivity contribution in [2.24, 2.45) is 5.92 Å². The van der Waals surface area contributed by atoms with Crippen LogP contribution in [0.3, 0.4) is 0 Å². The van der Waals surface area contributed by atoms with Gasteiger partial charge in [0.15, 0.2) is 0 Å². The summed E-state index contributed by atoms with van der Waals surface area (Å²) in [7, 11) is 0. The van der Waals surface area contributed by atoms with E-state index in [0.29, 0.717) is 6.04 Å². The molecule has 0 radical (unpaired) electrons. The second kappa shape index (κ2) is 6.18. The standard InChI is InChI=1S/C15H24N2/c1-3-16-15-9-13(2)10-17(12-15)11-14-7-5-4-6-8-14/h4-8,13,15-16H,3,9-12H2,1-2H3. The van der Waals surface area contributed by atoms with Gasteiger partial charge in [-0.3, -0.25) is 4.90 Å². The number of nitrogens with one attached hydrogen (secondary N) is 1. The largest absolute Gasteiger partial charge is 0.313 e. The molecule has 1 N–H and O–H groups in total. The maximum atomic E-state index is 3.59. The Balaban J connectivity index is 1.92. The minimum atomic E-state index is 0.674. The van der Waals surface area contributed by atoms with Crippen molar-refractivity contribution in [2.75, 3.05) is 19.6 Å². The molecule has 2 rings (SSSR count). The molecule has 0 amide bonds. The van der Waals surface area contributed by atoms with Gasteiger partial charge in [-0.05, 0) is 24.4 Å². The lowest BCUT2D eigenvalue weighted by Gasteiger charge is -2.36. The fourth-order valence-electron chi connectivity index (χ4n) is 2.87. The van der Waals surface area contributed by atoms with Gasteiger partial charge in [-0.2, -0.15) is 0 Å². The van der Waals surface area contributed by atoms with Gasteiger partial charge in [0.25, 0.3) is 0 Å². The molecule has 1 aliphatic heterocycles. The van der Waals surface area contributed by atoms with Crippen molar-refractivity contribution in [3.8, 4) is 0 Å². The number of hydrogen-bond acceptors (Lipinski definition) is 2. The van der Waals surface area contributed by atoms with Crippen LogP contribution in [0.1, 0.15) is 25.8 Å². The molecule has 1 aliphatic rings. The lowest BCUT2D eigenvalue weighted by Crippen LogP contribution is -2.48. The Morgan fingerprint density at radius 1 is 1.24 bits per heavy atom. The third-order valence-corrected chi connectivity index (χ3v) is 3.48. The van der Waals surface area contributed by atoms with Crippen molar-refractivity contribution in [3.63, 3.8) is 0 Å². The van der Waals surface area contributed by atoms with Crippen molar-refractivity contribution >= 4 is 0 Å². The van der Waals surface area contributed by atoms with Crippen molar-refractivity contribution in [1.29, 1.82) is 0 Å². The summed E-state index contributed by atoms with van der Waals surface area (Å²) in [5, 5.41) is 3.59. The average molecular weight is 232 g/mol. The van der Waals surface area contributed by atoms with E-state index in [1.165, 1.54) is 25.1 Å². The zero-order valence-electron chi connectivity index (χ0n) is 11.0. The van der Waals surface area contributed by atoms with E-state index in [1.807, 2.05) is 0 Å². The van der Waals surface area contributed by atoms with Crippen LogP contribution in [0.4, 0.5) is 0 Å². The second-order valence-corrected chi connectivity index (χ2v) is 5.28. The topological polar surface area (TPSA) is 15.3 Å².